The van der Waals surface area contributed by atoms with Gasteiger partial charge in [-0.3, -0.25) is 0 Å². The van der Waals surface area contributed by atoms with Gasteiger partial charge in [-0.15, -0.1) is 0 Å². The molecule has 1 unspecified atom stereocenters. The van der Waals surface area contributed by atoms with E-state index in [2.05, 4.69) is 4.98 Å². The van der Waals surface area contributed by atoms with Gasteiger partial charge in [-0.2, -0.15) is 0 Å². The van der Waals surface area contributed by atoms with Gasteiger partial charge >= 0.3 is 0 Å². The third kappa shape index (κ3) is 2.07. The van der Waals surface area contributed by atoms with Gasteiger partial charge in [0.2, 0.25) is 5.95 Å². The Morgan fingerprint density at radius 1 is 1.47 bits per heavy atom. The van der Waals surface area contributed by atoms with Crippen LogP contribution in [0.3, 0.4) is 0 Å². The largest absolute Gasteiger partial charge is 0.369 e. The minimum Gasteiger partial charge on any atom is -0.369 e. The molecular formula is C12H14FN3O2S. The van der Waals surface area contributed by atoms with E-state index in [1.54, 1.807) is 10.6 Å². The van der Waals surface area contributed by atoms with Gasteiger partial charge in [-0.1, -0.05) is 0 Å². The number of aromatic nitrogens is 2. The lowest BCUT2D eigenvalue weighted by atomic mass is 10.2. The Labute approximate surface area is 110 Å². The van der Waals surface area contributed by atoms with Crippen molar-refractivity contribution in [3.63, 3.8) is 0 Å². The fraction of sp³-hybridized carbons (Fsp3) is 0.417. The first-order valence-electron chi connectivity index (χ1n) is 6.10. The molecule has 0 saturated carbocycles. The first-order valence-corrected chi connectivity index (χ1v) is 7.82. The minimum atomic E-state index is -3.03. The zero-order valence-corrected chi connectivity index (χ0v) is 11.0. The summed E-state index contributed by atoms with van der Waals surface area (Å²) in [6.07, 6.45) is 1.33. The van der Waals surface area contributed by atoms with Gasteiger partial charge < -0.3 is 10.3 Å². The van der Waals surface area contributed by atoms with Gasteiger partial charge in [0.25, 0.3) is 0 Å². The fourth-order valence-electron chi connectivity index (χ4n) is 2.58. The topological polar surface area (TPSA) is 78.0 Å². The zero-order valence-electron chi connectivity index (χ0n) is 10.2. The van der Waals surface area contributed by atoms with Gasteiger partial charge in [-0.05, 0) is 25.0 Å². The van der Waals surface area contributed by atoms with E-state index < -0.39 is 15.1 Å². The summed E-state index contributed by atoms with van der Waals surface area (Å²) in [7, 11) is -3.03. The molecule has 0 radical (unpaired) electrons. The Morgan fingerprint density at radius 3 is 2.95 bits per heavy atom. The number of rotatable bonds is 2. The van der Waals surface area contributed by atoms with E-state index in [-0.39, 0.29) is 24.1 Å². The highest BCUT2D eigenvalue weighted by Gasteiger charge is 2.32. The molecule has 1 aliphatic rings. The van der Waals surface area contributed by atoms with Crippen molar-refractivity contribution in [3.8, 4) is 0 Å². The second-order valence-corrected chi connectivity index (χ2v) is 7.25. The number of nitrogens with two attached hydrogens (primary N) is 1. The van der Waals surface area contributed by atoms with E-state index in [1.165, 1.54) is 12.1 Å². The molecule has 2 aromatic rings. The Kier molecular flexibility index (Phi) is 2.74. The van der Waals surface area contributed by atoms with Crippen molar-refractivity contribution in [2.45, 2.75) is 24.6 Å². The summed E-state index contributed by atoms with van der Waals surface area (Å²) in [5.74, 6) is 0.0760. The first-order chi connectivity index (χ1) is 8.97. The summed E-state index contributed by atoms with van der Waals surface area (Å²) < 4.78 is 38.5. The van der Waals surface area contributed by atoms with E-state index in [1.807, 2.05) is 0 Å². The molecule has 0 aliphatic carbocycles. The van der Waals surface area contributed by atoms with E-state index >= 15 is 0 Å². The van der Waals surface area contributed by atoms with Crippen LogP contribution in [0.4, 0.5) is 10.3 Å². The number of hydrogen-bond acceptors (Lipinski definition) is 4. The molecule has 19 heavy (non-hydrogen) atoms. The van der Waals surface area contributed by atoms with Gasteiger partial charge in [0, 0.05) is 12.6 Å². The monoisotopic (exact) mass is 283 g/mol. The van der Waals surface area contributed by atoms with Crippen LogP contribution in [0.25, 0.3) is 11.0 Å². The predicted molar refractivity (Wildman–Crippen MR) is 70.9 cm³/mol. The number of nitrogen functional groups attached to an aromatic ring is 1. The van der Waals surface area contributed by atoms with E-state index in [0.29, 0.717) is 23.9 Å². The molecule has 2 heterocycles. The van der Waals surface area contributed by atoms with Crippen molar-refractivity contribution in [2.24, 2.45) is 0 Å². The SMILES string of the molecule is Nc1nc2cc(F)ccc2n1CC1CCCS1(=O)=O. The van der Waals surface area contributed by atoms with Crippen molar-refractivity contribution in [3.05, 3.63) is 24.0 Å². The van der Waals surface area contributed by atoms with E-state index in [9.17, 15) is 12.8 Å². The molecule has 2 N–H and O–H groups in total. The van der Waals surface area contributed by atoms with Crippen molar-refractivity contribution in [1.29, 1.82) is 0 Å². The molecular weight excluding hydrogens is 269 g/mol. The Morgan fingerprint density at radius 2 is 2.26 bits per heavy atom. The highest BCUT2D eigenvalue weighted by atomic mass is 32.2. The summed E-state index contributed by atoms with van der Waals surface area (Å²) >= 11 is 0. The third-order valence-corrected chi connectivity index (χ3v) is 5.85. The summed E-state index contributed by atoms with van der Waals surface area (Å²) in [5.41, 5.74) is 6.92. The summed E-state index contributed by atoms with van der Waals surface area (Å²) in [6.45, 7) is 0.288. The lowest BCUT2D eigenvalue weighted by Gasteiger charge is -2.12. The van der Waals surface area contributed by atoms with Crippen LogP contribution >= 0.6 is 0 Å². The number of sulfone groups is 1. The molecule has 3 rings (SSSR count). The maximum atomic E-state index is 13.1. The molecule has 1 atom stereocenters. The number of benzene rings is 1. The molecule has 102 valence electrons. The Bertz CT molecular complexity index is 739. The molecule has 1 aliphatic heterocycles. The van der Waals surface area contributed by atoms with Gasteiger partial charge in [0.1, 0.15) is 5.82 Å². The van der Waals surface area contributed by atoms with Crippen LogP contribution in [0, 0.1) is 5.82 Å². The average Bonchev–Trinajstić information content (AvgIpc) is 2.80. The van der Waals surface area contributed by atoms with E-state index in [0.717, 1.165) is 0 Å². The highest BCUT2D eigenvalue weighted by molar-refractivity contribution is 7.92. The predicted octanol–water partition coefficient (Wildman–Crippen LogP) is 1.33. The van der Waals surface area contributed by atoms with Gasteiger partial charge in [0.15, 0.2) is 9.84 Å². The van der Waals surface area contributed by atoms with Crippen LogP contribution < -0.4 is 5.73 Å². The van der Waals surface area contributed by atoms with Crippen molar-refractivity contribution >= 4 is 26.8 Å². The molecule has 0 amide bonds. The maximum Gasteiger partial charge on any atom is 0.201 e. The van der Waals surface area contributed by atoms with Crippen LogP contribution in [-0.4, -0.2) is 29.0 Å². The molecule has 0 bridgehead atoms. The van der Waals surface area contributed by atoms with Crippen molar-refractivity contribution in [1.82, 2.24) is 9.55 Å². The lowest BCUT2D eigenvalue weighted by Crippen LogP contribution is -2.23. The average molecular weight is 283 g/mol. The number of nitrogens with zero attached hydrogens (tertiary/aromatic N) is 2. The quantitative estimate of drug-likeness (QED) is 0.902. The van der Waals surface area contributed by atoms with Gasteiger partial charge in [-0.25, -0.2) is 17.8 Å². The van der Waals surface area contributed by atoms with Crippen LogP contribution in [0.2, 0.25) is 0 Å². The molecule has 1 aromatic carbocycles. The molecule has 1 aromatic heterocycles. The zero-order chi connectivity index (χ0) is 13.6. The third-order valence-electron chi connectivity index (χ3n) is 3.59. The van der Waals surface area contributed by atoms with Crippen LogP contribution in [-0.2, 0) is 16.4 Å². The Hall–Kier alpha value is -1.63. The van der Waals surface area contributed by atoms with Crippen LogP contribution in [0.15, 0.2) is 18.2 Å². The van der Waals surface area contributed by atoms with Crippen molar-refractivity contribution < 1.29 is 12.8 Å². The van der Waals surface area contributed by atoms with Crippen LogP contribution in [0.5, 0.6) is 0 Å². The standard InChI is InChI=1S/C12H14FN3O2S/c13-8-3-4-11-10(6-8)15-12(14)16(11)7-9-2-1-5-19(9,17)18/h3-4,6,9H,1-2,5,7H2,(H2,14,15). The second kappa shape index (κ2) is 4.19. The number of imidazole rings is 1. The molecule has 7 heteroatoms. The second-order valence-electron chi connectivity index (χ2n) is 4.84. The number of anilines is 1. The van der Waals surface area contributed by atoms with Gasteiger partial charge in [0.05, 0.1) is 22.0 Å². The Balaban J connectivity index is 2.03. The molecule has 0 spiro atoms. The summed E-state index contributed by atoms with van der Waals surface area (Å²) in [6, 6.07) is 4.20. The minimum absolute atomic E-state index is 0.225. The smallest absolute Gasteiger partial charge is 0.201 e. The molecule has 5 nitrogen and oxygen atoms in total. The van der Waals surface area contributed by atoms with Crippen LogP contribution in [0.1, 0.15) is 12.8 Å². The van der Waals surface area contributed by atoms with E-state index in [4.69, 9.17) is 5.73 Å². The maximum absolute atomic E-state index is 13.1. The first kappa shape index (κ1) is 12.4. The highest BCUT2D eigenvalue weighted by Crippen LogP contribution is 2.25. The summed E-state index contributed by atoms with van der Waals surface area (Å²) in [4.78, 5) is 4.07. The lowest BCUT2D eigenvalue weighted by molar-refractivity contribution is 0.571. The molecule has 1 fully saturated rings. The van der Waals surface area contributed by atoms with Crippen molar-refractivity contribution in [2.75, 3.05) is 11.5 Å². The normalized spacial score (nSPS) is 22.1. The fourth-order valence-corrected chi connectivity index (χ4v) is 4.38. The number of hydrogen-bond donors (Lipinski definition) is 1. The number of fused-ring (bicyclic) bond motifs is 1. The summed E-state index contributed by atoms with van der Waals surface area (Å²) in [5, 5.41) is -0.419. The number of halogens is 1. The molecule has 1 saturated heterocycles.